The van der Waals surface area contributed by atoms with Crippen molar-refractivity contribution in [3.8, 4) is 11.5 Å². The molecule has 1 fully saturated rings. The monoisotopic (exact) mass is 846 g/mol. The fraction of sp³-hybridized carbons (Fsp3) is 0.520. The summed E-state index contributed by atoms with van der Waals surface area (Å²) >= 11 is 0. The molecule has 3 rings (SSSR count). The molecule has 2 unspecified atom stereocenters. The molecule has 338 valence electrons. The Morgan fingerprint density at radius 3 is 2.16 bits per heavy atom. The second kappa shape index (κ2) is 31.7. The number of allylic oxidation sites excluding steroid dienone is 2. The van der Waals surface area contributed by atoms with E-state index >= 15 is 0 Å². The number of hydrazone groups is 1. The highest BCUT2D eigenvalue weighted by Crippen LogP contribution is 2.30. The van der Waals surface area contributed by atoms with Gasteiger partial charge in [0.05, 0.1) is 44.2 Å². The summed E-state index contributed by atoms with van der Waals surface area (Å²) in [7, 11) is 2.61. The highest BCUT2D eigenvalue weighted by atomic mass is 16.5. The Morgan fingerprint density at radius 1 is 0.918 bits per heavy atom. The largest absolute Gasteiger partial charge is 0.507 e. The minimum Gasteiger partial charge on any atom is -0.507 e. The van der Waals surface area contributed by atoms with Crippen LogP contribution in [-0.2, 0) is 23.8 Å². The molecule has 1 saturated carbocycles. The summed E-state index contributed by atoms with van der Waals surface area (Å²) in [6, 6.07) is 13.5. The van der Waals surface area contributed by atoms with Crippen LogP contribution in [-0.4, -0.2) is 72.7 Å². The SMILES string of the molecule is C=CC(=O)OCCCCCCOC(=C)/C=C\C(=C)OC(=O)C1CCC(C)CC1.CCCCC(C)N(/N=C/c1cc(OC)ccc1O)C(=Nc1ccccc1C)C(C)CC.CO. The molecule has 0 aliphatic heterocycles. The highest BCUT2D eigenvalue weighted by Gasteiger charge is 2.26. The van der Waals surface area contributed by atoms with Gasteiger partial charge in [-0.1, -0.05) is 78.5 Å². The number of methoxy groups -OCH3 is 1. The van der Waals surface area contributed by atoms with E-state index in [4.69, 9.17) is 34.1 Å². The first-order valence-electron chi connectivity index (χ1n) is 21.8. The number of ether oxygens (including phenoxy) is 4. The van der Waals surface area contributed by atoms with Crippen LogP contribution in [0.1, 0.15) is 123 Å². The van der Waals surface area contributed by atoms with Crippen molar-refractivity contribution >= 4 is 29.7 Å². The molecule has 2 N–H and O–H groups in total. The lowest BCUT2D eigenvalue weighted by Crippen LogP contribution is -2.38. The normalized spacial score (nSPS) is 15.9. The molecule has 1 aliphatic carbocycles. The Labute approximate surface area is 366 Å². The number of phenols is 1. The number of unbranched alkanes of at least 4 members (excludes halogenated alkanes) is 4. The van der Waals surface area contributed by atoms with Gasteiger partial charge < -0.3 is 29.2 Å². The molecule has 2 aromatic rings. The first kappa shape index (κ1) is 53.9. The number of hydrogen-bond acceptors (Lipinski definition) is 10. The number of amidine groups is 1. The maximum absolute atomic E-state index is 12.1. The second-order valence-electron chi connectivity index (χ2n) is 15.3. The third kappa shape index (κ3) is 21.8. The molecule has 0 saturated heterocycles. The maximum Gasteiger partial charge on any atom is 0.330 e. The van der Waals surface area contributed by atoms with E-state index < -0.39 is 0 Å². The number of esters is 2. The van der Waals surface area contributed by atoms with Gasteiger partial charge in [0, 0.05) is 24.7 Å². The molecule has 1 aliphatic rings. The van der Waals surface area contributed by atoms with Crippen molar-refractivity contribution in [3.63, 3.8) is 0 Å². The fourth-order valence-electron chi connectivity index (χ4n) is 6.26. The van der Waals surface area contributed by atoms with Crippen LogP contribution in [0.2, 0.25) is 0 Å². The van der Waals surface area contributed by atoms with Gasteiger partial charge in [0.25, 0.3) is 0 Å². The van der Waals surface area contributed by atoms with E-state index in [-0.39, 0.29) is 35.6 Å². The zero-order valence-corrected chi connectivity index (χ0v) is 38.4. The fourth-order valence-corrected chi connectivity index (χ4v) is 6.26. The maximum atomic E-state index is 12.1. The van der Waals surface area contributed by atoms with Crippen LogP contribution in [0.3, 0.4) is 0 Å². The minimum atomic E-state index is -0.382. The van der Waals surface area contributed by atoms with Crippen molar-refractivity contribution in [3.05, 3.63) is 103 Å². The van der Waals surface area contributed by atoms with Crippen molar-refractivity contribution in [2.45, 2.75) is 125 Å². The quantitative estimate of drug-likeness (QED) is 0.0163. The zero-order valence-electron chi connectivity index (χ0n) is 38.4. The molecule has 61 heavy (non-hydrogen) atoms. The van der Waals surface area contributed by atoms with Gasteiger partial charge in [0.15, 0.2) is 0 Å². The van der Waals surface area contributed by atoms with E-state index in [2.05, 4.69) is 67.3 Å². The topological polar surface area (TPSA) is 139 Å². The van der Waals surface area contributed by atoms with E-state index in [1.807, 2.05) is 23.2 Å². The van der Waals surface area contributed by atoms with Crippen molar-refractivity contribution < 1.29 is 38.7 Å². The summed E-state index contributed by atoms with van der Waals surface area (Å²) in [5.41, 5.74) is 2.72. The van der Waals surface area contributed by atoms with Gasteiger partial charge in [-0.05, 0) is 126 Å². The van der Waals surface area contributed by atoms with E-state index in [0.717, 1.165) is 101 Å². The number of aromatic hydroxyl groups is 1. The summed E-state index contributed by atoms with van der Waals surface area (Å²) in [4.78, 5) is 28.1. The average molecular weight is 846 g/mol. The third-order valence-corrected chi connectivity index (χ3v) is 10.4. The van der Waals surface area contributed by atoms with Crippen LogP contribution in [0.4, 0.5) is 5.69 Å². The molecule has 2 atom stereocenters. The molecule has 0 radical (unpaired) electrons. The second-order valence-corrected chi connectivity index (χ2v) is 15.3. The first-order chi connectivity index (χ1) is 29.3. The average Bonchev–Trinajstić information content (AvgIpc) is 3.27. The lowest BCUT2D eigenvalue weighted by atomic mass is 9.83. The van der Waals surface area contributed by atoms with Crippen LogP contribution in [0, 0.1) is 24.7 Å². The Morgan fingerprint density at radius 2 is 1.56 bits per heavy atom. The van der Waals surface area contributed by atoms with Crippen LogP contribution >= 0.6 is 0 Å². The summed E-state index contributed by atoms with van der Waals surface area (Å²) < 4.78 is 21.1. The van der Waals surface area contributed by atoms with Gasteiger partial charge in [-0.2, -0.15) is 5.10 Å². The first-order valence-corrected chi connectivity index (χ1v) is 21.8. The highest BCUT2D eigenvalue weighted by molar-refractivity contribution is 5.90. The molecule has 0 heterocycles. The molecule has 11 heteroatoms. The van der Waals surface area contributed by atoms with Gasteiger partial charge in [-0.25, -0.2) is 14.8 Å². The van der Waals surface area contributed by atoms with E-state index in [1.54, 1.807) is 43.7 Å². The number of aliphatic hydroxyl groups is 1. The van der Waals surface area contributed by atoms with E-state index in [0.29, 0.717) is 42.0 Å². The van der Waals surface area contributed by atoms with Crippen LogP contribution < -0.4 is 4.74 Å². The van der Waals surface area contributed by atoms with Crippen molar-refractivity contribution in [1.82, 2.24) is 5.01 Å². The number of para-hydroxylation sites is 1. The number of benzene rings is 2. The Balaban J connectivity index is 0.000000589. The molecule has 2 aromatic carbocycles. The van der Waals surface area contributed by atoms with E-state index in [1.165, 1.54) is 6.08 Å². The Hall–Kier alpha value is -5.16. The molecule has 0 spiro atoms. The number of phenolic OH excluding ortho intramolecular Hbond substituents is 1. The Bertz CT molecular complexity index is 1710. The number of hydrogen-bond donors (Lipinski definition) is 2. The number of nitrogens with zero attached hydrogens (tertiary/aromatic N) is 3. The predicted octanol–water partition coefficient (Wildman–Crippen LogP) is 11.6. The molecule has 0 bridgehead atoms. The summed E-state index contributed by atoms with van der Waals surface area (Å²) in [6.07, 6.45) is 18.0. The van der Waals surface area contributed by atoms with Gasteiger partial charge in [-0.3, -0.25) is 4.79 Å². The number of carbonyl (C=O) groups excluding carboxylic acids is 2. The molecule has 11 nitrogen and oxygen atoms in total. The van der Waals surface area contributed by atoms with Gasteiger partial charge in [-0.15, -0.1) is 0 Å². The molecular weight excluding hydrogens is 771 g/mol. The van der Waals surface area contributed by atoms with Crippen LogP contribution in [0.25, 0.3) is 0 Å². The molecule has 0 amide bonds. The standard InChI is InChI=1S/C26H37N3O2.C23H34O5.CH4O/c1-7-9-13-21(5)29(27-18-22-17-23(31-6)15-16-25(22)30)26(19(3)8-2)28-24-14-11-10-12-20(24)4;1-5-22(24)27-17-9-7-6-8-16-26-19(3)12-13-20(4)28-23(25)21-14-10-18(2)11-15-21;1-2/h10-12,14-19,21,30H,7-9,13H2,1-6H3;5,12-13,18,21H,1,3-4,6-11,14-17H2,2H3;2H,1H3/b27-18+,28-26?;13-12-;. The van der Waals surface area contributed by atoms with E-state index in [9.17, 15) is 14.7 Å². The van der Waals surface area contributed by atoms with Crippen molar-refractivity contribution in [2.24, 2.45) is 27.8 Å². The molecular formula is C50H75N3O8. The van der Waals surface area contributed by atoms with Crippen molar-refractivity contribution in [1.29, 1.82) is 0 Å². The molecule has 0 aromatic heterocycles. The predicted molar refractivity (Wildman–Crippen MR) is 249 cm³/mol. The number of aryl methyl sites for hydroxylation is 1. The van der Waals surface area contributed by atoms with Crippen LogP contribution in [0.5, 0.6) is 11.5 Å². The number of aliphatic hydroxyl groups excluding tert-OH is 1. The Kier molecular flexibility index (Phi) is 28.0. The van der Waals surface area contributed by atoms with Gasteiger partial charge in [0.2, 0.25) is 0 Å². The summed E-state index contributed by atoms with van der Waals surface area (Å²) in [5.74, 6) is 2.96. The number of rotatable bonds is 23. The van der Waals surface area contributed by atoms with Gasteiger partial charge in [0.1, 0.15) is 28.9 Å². The van der Waals surface area contributed by atoms with Crippen molar-refractivity contribution in [2.75, 3.05) is 27.4 Å². The number of carbonyl (C=O) groups is 2. The third-order valence-electron chi connectivity index (χ3n) is 10.4. The lowest BCUT2D eigenvalue weighted by molar-refractivity contribution is -0.145. The number of aliphatic imine (C=N–C) groups is 1. The lowest BCUT2D eigenvalue weighted by Gasteiger charge is -2.30. The van der Waals surface area contributed by atoms with Gasteiger partial charge >= 0.3 is 11.9 Å². The zero-order chi connectivity index (χ0) is 45.6. The van der Waals surface area contributed by atoms with Crippen LogP contribution in [0.15, 0.2) is 102 Å². The smallest absolute Gasteiger partial charge is 0.330 e. The summed E-state index contributed by atoms with van der Waals surface area (Å²) in [6.45, 7) is 25.0. The summed E-state index contributed by atoms with van der Waals surface area (Å²) in [5, 5.41) is 24.2. The minimum absolute atomic E-state index is 0.0129.